The molecule has 0 unspecified atom stereocenters. The minimum absolute atomic E-state index is 0.0988. The van der Waals surface area contributed by atoms with Gasteiger partial charge >= 0.3 is 0 Å². The third-order valence-corrected chi connectivity index (χ3v) is 6.79. The molecule has 0 radical (unpaired) electrons. The van der Waals surface area contributed by atoms with Gasteiger partial charge in [-0.2, -0.15) is 5.10 Å². The van der Waals surface area contributed by atoms with E-state index in [1.165, 1.54) is 48.8 Å². The number of rotatable bonds is 10. The fourth-order valence-electron chi connectivity index (χ4n) is 4.74. The van der Waals surface area contributed by atoms with Crippen molar-refractivity contribution in [3.05, 3.63) is 46.8 Å². The topological polar surface area (TPSA) is 64.0 Å². The maximum atomic E-state index is 13.1. The highest BCUT2D eigenvalue weighted by Gasteiger charge is 2.21. The molecular formula is C27H39N3O2. The number of unbranched alkanes of at least 4 members (excludes halogenated alkanes) is 5. The number of anilines is 1. The molecule has 5 nitrogen and oxygen atoms in total. The normalized spacial score (nSPS) is 14.5. The fraction of sp³-hybridized carbons (Fsp3) is 0.593. The zero-order valence-corrected chi connectivity index (χ0v) is 20.1. The minimum atomic E-state index is -0.120. The van der Waals surface area contributed by atoms with Crippen LogP contribution in [0, 0.1) is 19.8 Å². The fourth-order valence-corrected chi connectivity index (χ4v) is 4.74. The summed E-state index contributed by atoms with van der Waals surface area (Å²) in [5, 5.41) is 7.55. The molecule has 1 aliphatic rings. The van der Waals surface area contributed by atoms with E-state index in [9.17, 15) is 9.59 Å². The Morgan fingerprint density at radius 1 is 0.969 bits per heavy atom. The molecule has 1 aromatic heterocycles. The minimum Gasteiger partial charge on any atom is -0.326 e. The Bertz CT molecular complexity index is 892. The highest BCUT2D eigenvalue weighted by molar-refractivity contribution is 5.97. The summed E-state index contributed by atoms with van der Waals surface area (Å²) in [6.07, 6.45) is 14.0. The molecule has 0 saturated heterocycles. The van der Waals surface area contributed by atoms with Gasteiger partial charge in [0.15, 0.2) is 0 Å². The largest absolute Gasteiger partial charge is 0.326 e. The van der Waals surface area contributed by atoms with Gasteiger partial charge in [0, 0.05) is 22.9 Å². The number of hydrogen-bond acceptors (Lipinski definition) is 3. The highest BCUT2D eigenvalue weighted by atomic mass is 16.2. The molecule has 0 atom stereocenters. The second-order valence-electron chi connectivity index (χ2n) is 9.29. The van der Waals surface area contributed by atoms with Crippen molar-refractivity contribution in [3.8, 4) is 0 Å². The van der Waals surface area contributed by atoms with Crippen LogP contribution in [0.4, 0.5) is 5.69 Å². The number of aromatic nitrogens is 2. The van der Waals surface area contributed by atoms with Crippen molar-refractivity contribution in [1.29, 1.82) is 0 Å². The maximum absolute atomic E-state index is 13.1. The van der Waals surface area contributed by atoms with Crippen molar-refractivity contribution in [2.24, 2.45) is 5.92 Å². The van der Waals surface area contributed by atoms with E-state index < -0.39 is 0 Å². The van der Waals surface area contributed by atoms with E-state index in [2.05, 4.69) is 17.3 Å². The SMILES string of the molecule is CCCCCCCCc1c(C)nn(C(=O)c2ccc(NC(=O)C3CCCCC3)cc2)c1C. The predicted molar refractivity (Wildman–Crippen MR) is 130 cm³/mol. The van der Waals surface area contributed by atoms with Gasteiger partial charge in [0.25, 0.3) is 5.91 Å². The number of benzene rings is 1. The van der Waals surface area contributed by atoms with Gasteiger partial charge < -0.3 is 5.32 Å². The van der Waals surface area contributed by atoms with E-state index in [4.69, 9.17) is 0 Å². The Balaban J connectivity index is 1.59. The quantitative estimate of drug-likeness (QED) is 0.425. The third kappa shape index (κ3) is 6.30. The Kier molecular flexibility index (Phi) is 9.07. The molecule has 0 aliphatic heterocycles. The summed E-state index contributed by atoms with van der Waals surface area (Å²) in [5.41, 5.74) is 4.41. The number of nitrogens with zero attached hydrogens (tertiary/aromatic N) is 2. The van der Waals surface area contributed by atoms with Crippen LogP contribution in [0.5, 0.6) is 0 Å². The lowest BCUT2D eigenvalue weighted by Crippen LogP contribution is -2.24. The van der Waals surface area contributed by atoms with Crippen molar-refractivity contribution < 1.29 is 9.59 Å². The molecule has 1 aromatic carbocycles. The van der Waals surface area contributed by atoms with E-state index in [1.54, 1.807) is 12.1 Å². The molecule has 1 amide bonds. The molecule has 1 saturated carbocycles. The van der Waals surface area contributed by atoms with Crippen molar-refractivity contribution in [3.63, 3.8) is 0 Å². The number of carbonyl (C=O) groups excluding carboxylic acids is 2. The first-order chi connectivity index (χ1) is 15.5. The number of amides is 1. The average Bonchev–Trinajstić information content (AvgIpc) is 3.10. The first-order valence-corrected chi connectivity index (χ1v) is 12.5. The molecule has 1 aliphatic carbocycles. The van der Waals surface area contributed by atoms with E-state index in [-0.39, 0.29) is 17.7 Å². The Morgan fingerprint density at radius 2 is 1.62 bits per heavy atom. The smallest absolute Gasteiger partial charge is 0.278 e. The summed E-state index contributed by atoms with van der Waals surface area (Å²) in [7, 11) is 0. The summed E-state index contributed by atoms with van der Waals surface area (Å²) >= 11 is 0. The molecule has 0 bridgehead atoms. The highest BCUT2D eigenvalue weighted by Crippen LogP contribution is 2.25. The monoisotopic (exact) mass is 437 g/mol. The van der Waals surface area contributed by atoms with Gasteiger partial charge in [-0.3, -0.25) is 9.59 Å². The van der Waals surface area contributed by atoms with Gasteiger partial charge in [-0.1, -0.05) is 58.3 Å². The van der Waals surface area contributed by atoms with E-state index in [0.717, 1.165) is 55.6 Å². The molecule has 174 valence electrons. The summed E-state index contributed by atoms with van der Waals surface area (Å²) in [4.78, 5) is 25.5. The van der Waals surface area contributed by atoms with Gasteiger partial charge in [0.05, 0.1) is 5.69 Å². The summed E-state index contributed by atoms with van der Waals surface area (Å²) in [6, 6.07) is 7.19. The molecule has 0 spiro atoms. The van der Waals surface area contributed by atoms with Crippen molar-refractivity contribution in [2.75, 3.05) is 5.32 Å². The van der Waals surface area contributed by atoms with E-state index >= 15 is 0 Å². The molecule has 3 rings (SSSR count). The van der Waals surface area contributed by atoms with Crippen LogP contribution in [-0.4, -0.2) is 21.6 Å². The molecule has 5 heteroatoms. The van der Waals surface area contributed by atoms with Gasteiger partial charge in [-0.15, -0.1) is 0 Å². The molecule has 1 fully saturated rings. The van der Waals surface area contributed by atoms with Crippen LogP contribution in [0.1, 0.15) is 105 Å². The van der Waals surface area contributed by atoms with Crippen molar-refractivity contribution in [2.45, 2.75) is 97.8 Å². The first-order valence-electron chi connectivity index (χ1n) is 12.5. The summed E-state index contributed by atoms with van der Waals surface area (Å²) in [5.74, 6) is 0.0939. The second-order valence-corrected chi connectivity index (χ2v) is 9.29. The zero-order valence-electron chi connectivity index (χ0n) is 20.1. The lowest BCUT2D eigenvalue weighted by Gasteiger charge is -2.20. The van der Waals surface area contributed by atoms with Gasteiger partial charge in [0.2, 0.25) is 5.91 Å². The molecule has 2 aromatic rings. The molecular weight excluding hydrogens is 398 g/mol. The van der Waals surface area contributed by atoms with Crippen LogP contribution in [-0.2, 0) is 11.2 Å². The van der Waals surface area contributed by atoms with E-state index in [1.807, 2.05) is 26.0 Å². The van der Waals surface area contributed by atoms with Crippen LogP contribution in [0.15, 0.2) is 24.3 Å². The van der Waals surface area contributed by atoms with Crippen molar-refractivity contribution >= 4 is 17.5 Å². The van der Waals surface area contributed by atoms with Gasteiger partial charge in [0.1, 0.15) is 0 Å². The Labute approximate surface area is 193 Å². The van der Waals surface area contributed by atoms with E-state index in [0.29, 0.717) is 5.56 Å². The average molecular weight is 438 g/mol. The number of nitrogens with one attached hydrogen (secondary N) is 1. The number of aryl methyl sites for hydroxylation is 1. The number of hydrogen-bond donors (Lipinski definition) is 1. The summed E-state index contributed by atoms with van der Waals surface area (Å²) < 4.78 is 1.54. The zero-order chi connectivity index (χ0) is 22.9. The van der Waals surface area contributed by atoms with Crippen LogP contribution in [0.25, 0.3) is 0 Å². The number of carbonyl (C=O) groups is 2. The third-order valence-electron chi connectivity index (χ3n) is 6.79. The van der Waals surface area contributed by atoms with Crippen molar-refractivity contribution in [1.82, 2.24) is 9.78 Å². The van der Waals surface area contributed by atoms with Crippen LogP contribution < -0.4 is 5.32 Å². The first kappa shape index (κ1) is 24.2. The van der Waals surface area contributed by atoms with Gasteiger partial charge in [-0.25, -0.2) is 4.68 Å². The maximum Gasteiger partial charge on any atom is 0.278 e. The van der Waals surface area contributed by atoms with Gasteiger partial charge in [-0.05, 0) is 69.4 Å². The molecule has 32 heavy (non-hydrogen) atoms. The molecule has 1 heterocycles. The Hall–Kier alpha value is -2.43. The van der Waals surface area contributed by atoms with Crippen LogP contribution >= 0.6 is 0 Å². The lowest BCUT2D eigenvalue weighted by molar-refractivity contribution is -0.120. The molecule has 1 N–H and O–H groups in total. The van der Waals surface area contributed by atoms with Crippen LogP contribution in [0.2, 0.25) is 0 Å². The standard InChI is InChI=1S/C27H39N3O2/c1-4-5-6-7-8-12-15-25-20(2)29-30(21(25)3)27(32)23-16-18-24(19-17-23)28-26(31)22-13-10-9-11-14-22/h16-19,22H,4-15H2,1-3H3,(H,28,31). The predicted octanol–water partition coefficient (Wildman–Crippen LogP) is 6.61. The Morgan fingerprint density at radius 3 is 2.31 bits per heavy atom. The lowest BCUT2D eigenvalue weighted by atomic mass is 9.88. The summed E-state index contributed by atoms with van der Waals surface area (Å²) in [6.45, 7) is 6.22. The second kappa shape index (κ2) is 12.0. The van der Waals surface area contributed by atoms with Crippen LogP contribution in [0.3, 0.4) is 0 Å².